The molecule has 140 valence electrons. The molecule has 0 aliphatic rings. The van der Waals surface area contributed by atoms with Gasteiger partial charge in [0.05, 0.1) is 7.11 Å². The molecule has 1 N–H and O–H groups in total. The second-order valence-electron chi connectivity index (χ2n) is 5.80. The minimum atomic E-state index is -1.28. The molecule has 27 heavy (non-hydrogen) atoms. The Labute approximate surface area is 158 Å². The Balaban J connectivity index is 2.03. The third-order valence-corrected chi connectivity index (χ3v) is 3.85. The van der Waals surface area contributed by atoms with Gasteiger partial charge in [0.15, 0.2) is 11.5 Å². The van der Waals surface area contributed by atoms with Crippen LogP contribution >= 0.6 is 0 Å². The van der Waals surface area contributed by atoms with Gasteiger partial charge in [0.25, 0.3) is 0 Å². The summed E-state index contributed by atoms with van der Waals surface area (Å²) in [6.45, 7) is 4.67. The quantitative estimate of drug-likeness (QED) is 0.434. The summed E-state index contributed by atoms with van der Waals surface area (Å²) in [5, 5.41) is 17.8. The fourth-order valence-electron chi connectivity index (χ4n) is 2.52. The van der Waals surface area contributed by atoms with Gasteiger partial charge in [0.2, 0.25) is 0 Å². The van der Waals surface area contributed by atoms with Gasteiger partial charge in [0, 0.05) is 0 Å². The molecule has 0 aromatic heterocycles. The number of methoxy groups -OCH3 is 1. The van der Waals surface area contributed by atoms with E-state index in [1.165, 1.54) is 13.2 Å². The van der Waals surface area contributed by atoms with Gasteiger partial charge >= 0.3 is 5.97 Å². The summed E-state index contributed by atoms with van der Waals surface area (Å²) in [7, 11) is 1.49. The van der Waals surface area contributed by atoms with E-state index in [1.54, 1.807) is 24.3 Å². The van der Waals surface area contributed by atoms with Crippen LogP contribution in [0, 0.1) is 25.2 Å². The molecule has 2 aromatic carbocycles. The Hall–Kier alpha value is -3.46. The van der Waals surface area contributed by atoms with Crippen LogP contribution in [0.2, 0.25) is 0 Å². The number of nitrogens with zero attached hydrogens (tertiary/aromatic N) is 1. The molecule has 0 atom stereocenters. The number of hydrogen-bond acceptors (Lipinski definition) is 5. The first-order chi connectivity index (χ1) is 13.0. The number of carbonyl (C=O) groups is 1. The zero-order valence-corrected chi connectivity index (χ0v) is 15.5. The molecule has 0 aliphatic carbocycles. The number of carboxylic acid groups (broad SMARTS) is 1. The number of aryl methyl sites for hydroxylation is 2. The minimum absolute atomic E-state index is 0.317. The summed E-state index contributed by atoms with van der Waals surface area (Å²) in [5.41, 5.74) is 2.31. The van der Waals surface area contributed by atoms with Crippen LogP contribution in [-0.4, -0.2) is 31.4 Å². The van der Waals surface area contributed by atoms with Crippen LogP contribution < -0.4 is 14.2 Å². The van der Waals surface area contributed by atoms with Gasteiger partial charge in [-0.1, -0.05) is 24.3 Å². The van der Waals surface area contributed by atoms with Crippen molar-refractivity contribution in [2.45, 2.75) is 13.8 Å². The Kier molecular flexibility index (Phi) is 6.84. The van der Waals surface area contributed by atoms with Crippen molar-refractivity contribution >= 4 is 12.0 Å². The molecule has 0 aliphatic heterocycles. The molecule has 0 amide bonds. The summed E-state index contributed by atoms with van der Waals surface area (Å²) in [5.74, 6) is 0.527. The zero-order chi connectivity index (χ0) is 19.8. The Morgan fingerprint density at radius 2 is 1.78 bits per heavy atom. The second-order valence-corrected chi connectivity index (χ2v) is 5.80. The number of rotatable bonds is 8. The van der Waals surface area contributed by atoms with E-state index in [9.17, 15) is 4.79 Å². The van der Waals surface area contributed by atoms with Gasteiger partial charge in [-0.3, -0.25) is 0 Å². The Morgan fingerprint density at radius 1 is 1.11 bits per heavy atom. The van der Waals surface area contributed by atoms with Crippen LogP contribution in [0.3, 0.4) is 0 Å². The number of aliphatic carboxylic acids is 1. The molecule has 2 aromatic rings. The molecule has 0 heterocycles. The lowest BCUT2D eigenvalue weighted by atomic mass is 10.1. The molecule has 0 spiro atoms. The minimum Gasteiger partial charge on any atom is -0.493 e. The summed E-state index contributed by atoms with van der Waals surface area (Å²) in [4.78, 5) is 10.9. The topological polar surface area (TPSA) is 88.8 Å². The third kappa shape index (κ3) is 5.25. The lowest BCUT2D eigenvalue weighted by Gasteiger charge is -2.14. The van der Waals surface area contributed by atoms with Crippen LogP contribution in [0.1, 0.15) is 16.7 Å². The van der Waals surface area contributed by atoms with E-state index in [0.29, 0.717) is 30.3 Å². The van der Waals surface area contributed by atoms with Crippen LogP contribution in [0.4, 0.5) is 0 Å². The molecule has 0 saturated carbocycles. The highest BCUT2D eigenvalue weighted by atomic mass is 16.5. The first-order valence-corrected chi connectivity index (χ1v) is 8.31. The third-order valence-electron chi connectivity index (χ3n) is 3.85. The number of carboxylic acids is 1. The van der Waals surface area contributed by atoms with Crippen molar-refractivity contribution in [2.24, 2.45) is 0 Å². The normalized spacial score (nSPS) is 10.8. The van der Waals surface area contributed by atoms with E-state index in [0.717, 1.165) is 16.9 Å². The Bertz CT molecular complexity index is 876. The molecular formula is C21H21NO5. The van der Waals surface area contributed by atoms with Crippen molar-refractivity contribution < 1.29 is 24.1 Å². The van der Waals surface area contributed by atoms with Crippen LogP contribution in [0.15, 0.2) is 42.0 Å². The predicted octanol–water partition coefficient (Wildman–Crippen LogP) is 3.76. The highest BCUT2D eigenvalue weighted by molar-refractivity contribution is 5.96. The van der Waals surface area contributed by atoms with Gasteiger partial charge in [-0.15, -0.1) is 0 Å². The molecule has 6 nitrogen and oxygen atoms in total. The molecule has 0 saturated heterocycles. The van der Waals surface area contributed by atoms with E-state index in [4.69, 9.17) is 24.6 Å². The van der Waals surface area contributed by atoms with Crippen molar-refractivity contribution in [3.8, 4) is 23.3 Å². The van der Waals surface area contributed by atoms with E-state index in [1.807, 2.05) is 32.0 Å². The molecule has 6 heteroatoms. The maximum absolute atomic E-state index is 10.9. The fraction of sp³-hybridized carbons (Fsp3) is 0.238. The lowest BCUT2D eigenvalue weighted by Crippen LogP contribution is -2.10. The van der Waals surface area contributed by atoms with Crippen LogP contribution in [0.5, 0.6) is 17.2 Å². The van der Waals surface area contributed by atoms with Crippen molar-refractivity contribution in [3.63, 3.8) is 0 Å². The van der Waals surface area contributed by atoms with Crippen molar-refractivity contribution in [1.29, 1.82) is 5.26 Å². The van der Waals surface area contributed by atoms with E-state index < -0.39 is 5.97 Å². The van der Waals surface area contributed by atoms with Crippen LogP contribution in [-0.2, 0) is 4.79 Å². The van der Waals surface area contributed by atoms with Gasteiger partial charge < -0.3 is 19.3 Å². The standard InChI is InChI=1S/C21H21NO5/c1-14-5-4-6-15(2)20(14)27-10-9-26-18-8-7-16(12-19(18)25-3)11-17(13-22)21(23)24/h4-8,11-12H,9-10H2,1-3H3,(H,23,24). The predicted molar refractivity (Wildman–Crippen MR) is 101 cm³/mol. The van der Waals surface area contributed by atoms with E-state index in [-0.39, 0.29) is 5.57 Å². The van der Waals surface area contributed by atoms with Crippen LogP contribution in [0.25, 0.3) is 6.08 Å². The number of nitriles is 1. The first kappa shape index (κ1) is 19.9. The summed E-state index contributed by atoms with van der Waals surface area (Å²) < 4.78 is 16.8. The molecule has 0 fully saturated rings. The van der Waals surface area contributed by atoms with Crippen molar-refractivity contribution in [1.82, 2.24) is 0 Å². The van der Waals surface area contributed by atoms with E-state index >= 15 is 0 Å². The highest BCUT2D eigenvalue weighted by Gasteiger charge is 2.09. The second kappa shape index (κ2) is 9.30. The van der Waals surface area contributed by atoms with Crippen molar-refractivity contribution in [3.05, 3.63) is 58.7 Å². The average Bonchev–Trinajstić information content (AvgIpc) is 2.65. The van der Waals surface area contributed by atoms with Crippen molar-refractivity contribution in [2.75, 3.05) is 20.3 Å². The maximum Gasteiger partial charge on any atom is 0.346 e. The largest absolute Gasteiger partial charge is 0.493 e. The monoisotopic (exact) mass is 367 g/mol. The fourth-order valence-corrected chi connectivity index (χ4v) is 2.52. The lowest BCUT2D eigenvalue weighted by molar-refractivity contribution is -0.132. The molecule has 0 radical (unpaired) electrons. The molecule has 0 unspecified atom stereocenters. The molecule has 2 rings (SSSR count). The Morgan fingerprint density at radius 3 is 2.37 bits per heavy atom. The summed E-state index contributed by atoms with van der Waals surface area (Å²) in [6.07, 6.45) is 1.28. The van der Waals surface area contributed by atoms with Gasteiger partial charge in [-0.25, -0.2) is 4.79 Å². The highest BCUT2D eigenvalue weighted by Crippen LogP contribution is 2.29. The smallest absolute Gasteiger partial charge is 0.346 e. The number of hydrogen-bond donors (Lipinski definition) is 1. The number of benzene rings is 2. The van der Waals surface area contributed by atoms with Gasteiger partial charge in [-0.2, -0.15) is 5.26 Å². The van der Waals surface area contributed by atoms with E-state index in [2.05, 4.69) is 0 Å². The maximum atomic E-state index is 10.9. The first-order valence-electron chi connectivity index (χ1n) is 8.31. The molecular weight excluding hydrogens is 346 g/mol. The van der Waals surface area contributed by atoms with Gasteiger partial charge in [-0.05, 0) is 48.7 Å². The molecule has 0 bridgehead atoms. The number of para-hydroxylation sites is 1. The average molecular weight is 367 g/mol. The zero-order valence-electron chi connectivity index (χ0n) is 15.5. The SMILES string of the molecule is COc1cc(C=C(C#N)C(=O)O)ccc1OCCOc1c(C)cccc1C. The summed E-state index contributed by atoms with van der Waals surface area (Å²) >= 11 is 0. The summed E-state index contributed by atoms with van der Waals surface area (Å²) in [6, 6.07) is 12.5. The number of ether oxygens (including phenoxy) is 3. The van der Waals surface area contributed by atoms with Gasteiger partial charge in [0.1, 0.15) is 30.6 Å².